The van der Waals surface area contributed by atoms with Crippen LogP contribution in [-0.2, 0) is 0 Å². The zero-order valence-corrected chi connectivity index (χ0v) is 20.3. The van der Waals surface area contributed by atoms with E-state index < -0.39 is 0 Å². The minimum Gasteiger partial charge on any atom is -0.436 e. The standard InChI is InChI=1S/C33H23N3O/c1-22-15-17-23(18-16-22)24-19-25(21-26(20-24)33-35-29-12-6-8-14-31(29)37-33)32-34-28-11-5-7-13-30(28)36(32)27-9-3-2-4-10-27/h2-21H,1H3. The van der Waals surface area contributed by atoms with Crippen LogP contribution in [0.1, 0.15) is 5.56 Å². The molecule has 0 spiro atoms. The van der Waals surface area contributed by atoms with Gasteiger partial charge in [-0.1, -0.05) is 72.3 Å². The van der Waals surface area contributed by atoms with Crippen LogP contribution in [-0.4, -0.2) is 14.5 Å². The quantitative estimate of drug-likeness (QED) is 0.255. The van der Waals surface area contributed by atoms with Gasteiger partial charge in [0.1, 0.15) is 11.3 Å². The first-order valence-electron chi connectivity index (χ1n) is 12.3. The summed E-state index contributed by atoms with van der Waals surface area (Å²) in [5, 5.41) is 0. The second-order valence-corrected chi connectivity index (χ2v) is 9.25. The minimum absolute atomic E-state index is 0.596. The average Bonchev–Trinajstić information content (AvgIpc) is 3.56. The number of benzene rings is 5. The van der Waals surface area contributed by atoms with Gasteiger partial charge in [0.2, 0.25) is 5.89 Å². The highest BCUT2D eigenvalue weighted by Crippen LogP contribution is 2.36. The molecule has 0 N–H and O–H groups in total. The van der Waals surface area contributed by atoms with Gasteiger partial charge >= 0.3 is 0 Å². The molecule has 2 heterocycles. The summed E-state index contributed by atoms with van der Waals surface area (Å²) in [4.78, 5) is 9.89. The van der Waals surface area contributed by atoms with E-state index in [-0.39, 0.29) is 0 Å². The van der Waals surface area contributed by atoms with Gasteiger partial charge in [-0.2, -0.15) is 0 Å². The Morgan fingerprint density at radius 2 is 1.24 bits per heavy atom. The maximum atomic E-state index is 6.19. The summed E-state index contributed by atoms with van der Waals surface area (Å²) in [6.45, 7) is 2.10. The Kier molecular flexibility index (Phi) is 4.96. The number of oxazole rings is 1. The highest BCUT2D eigenvalue weighted by atomic mass is 16.3. The van der Waals surface area contributed by atoms with Crippen molar-refractivity contribution in [3.63, 3.8) is 0 Å². The summed E-state index contributed by atoms with van der Waals surface area (Å²) in [6, 6.07) is 41.6. The van der Waals surface area contributed by atoms with Crippen LogP contribution in [0.5, 0.6) is 0 Å². The molecule has 0 fully saturated rings. The Morgan fingerprint density at radius 1 is 0.568 bits per heavy atom. The molecule has 0 unspecified atom stereocenters. The summed E-state index contributed by atoms with van der Waals surface area (Å²) < 4.78 is 8.41. The van der Waals surface area contributed by atoms with Gasteiger partial charge in [0.15, 0.2) is 5.58 Å². The van der Waals surface area contributed by atoms with Gasteiger partial charge in [-0.3, -0.25) is 4.57 Å². The van der Waals surface area contributed by atoms with E-state index in [0.717, 1.165) is 55.9 Å². The van der Waals surface area contributed by atoms with Crippen LogP contribution >= 0.6 is 0 Å². The molecular formula is C33H23N3O. The fourth-order valence-electron chi connectivity index (χ4n) is 4.85. The van der Waals surface area contributed by atoms with Gasteiger partial charge in [0.05, 0.1) is 11.0 Å². The third-order valence-electron chi connectivity index (χ3n) is 6.69. The van der Waals surface area contributed by atoms with Crippen molar-refractivity contribution in [2.24, 2.45) is 0 Å². The minimum atomic E-state index is 0.596. The van der Waals surface area contributed by atoms with Crippen LogP contribution in [0.2, 0.25) is 0 Å². The molecule has 7 aromatic rings. The fraction of sp³-hybridized carbons (Fsp3) is 0.0303. The number of aryl methyl sites for hydroxylation is 1. The van der Waals surface area contributed by atoms with E-state index in [4.69, 9.17) is 14.4 Å². The molecule has 0 bridgehead atoms. The van der Waals surface area contributed by atoms with E-state index in [2.05, 4.69) is 96.4 Å². The van der Waals surface area contributed by atoms with Crippen molar-refractivity contribution in [1.82, 2.24) is 14.5 Å². The molecule has 0 amide bonds. The van der Waals surface area contributed by atoms with Crippen LogP contribution in [0.4, 0.5) is 0 Å². The molecular weight excluding hydrogens is 454 g/mol. The maximum Gasteiger partial charge on any atom is 0.227 e. The summed E-state index contributed by atoms with van der Waals surface area (Å²) >= 11 is 0. The Hall–Kier alpha value is -4.96. The highest BCUT2D eigenvalue weighted by molar-refractivity contribution is 5.86. The monoisotopic (exact) mass is 477 g/mol. The van der Waals surface area contributed by atoms with Gasteiger partial charge < -0.3 is 4.42 Å². The van der Waals surface area contributed by atoms with Crippen LogP contribution in [0.3, 0.4) is 0 Å². The predicted octanol–water partition coefficient (Wildman–Crippen LogP) is 8.48. The van der Waals surface area contributed by atoms with Gasteiger partial charge in [0, 0.05) is 16.8 Å². The first kappa shape index (κ1) is 21.3. The first-order chi connectivity index (χ1) is 18.2. The third kappa shape index (κ3) is 3.80. The molecule has 0 atom stereocenters. The van der Waals surface area contributed by atoms with E-state index in [1.165, 1.54) is 5.56 Å². The lowest BCUT2D eigenvalue weighted by atomic mass is 9.98. The molecule has 0 aliphatic carbocycles. The van der Waals surface area contributed by atoms with Gasteiger partial charge in [0.25, 0.3) is 0 Å². The van der Waals surface area contributed by atoms with Crippen molar-refractivity contribution in [3.8, 4) is 39.7 Å². The van der Waals surface area contributed by atoms with Crippen molar-refractivity contribution in [2.75, 3.05) is 0 Å². The molecule has 0 saturated heterocycles. The lowest BCUT2D eigenvalue weighted by molar-refractivity contribution is 0.620. The lowest BCUT2D eigenvalue weighted by Crippen LogP contribution is -1.98. The van der Waals surface area contributed by atoms with Crippen molar-refractivity contribution in [2.45, 2.75) is 6.92 Å². The number of nitrogens with zero attached hydrogens (tertiary/aromatic N) is 3. The molecule has 0 radical (unpaired) electrons. The Morgan fingerprint density at radius 3 is 2.05 bits per heavy atom. The zero-order chi connectivity index (χ0) is 24.8. The Bertz CT molecular complexity index is 1850. The van der Waals surface area contributed by atoms with Crippen molar-refractivity contribution in [1.29, 1.82) is 0 Å². The molecule has 176 valence electrons. The third-order valence-corrected chi connectivity index (χ3v) is 6.69. The van der Waals surface area contributed by atoms with Gasteiger partial charge in [-0.05, 0) is 72.6 Å². The van der Waals surface area contributed by atoms with E-state index in [0.29, 0.717) is 5.89 Å². The Labute approximate surface area is 214 Å². The second-order valence-electron chi connectivity index (χ2n) is 9.25. The summed E-state index contributed by atoms with van der Waals surface area (Å²) in [5.74, 6) is 1.47. The molecule has 0 saturated carbocycles. The van der Waals surface area contributed by atoms with E-state index >= 15 is 0 Å². The van der Waals surface area contributed by atoms with Crippen molar-refractivity contribution in [3.05, 3.63) is 127 Å². The average molecular weight is 478 g/mol. The van der Waals surface area contributed by atoms with Crippen molar-refractivity contribution < 1.29 is 4.42 Å². The smallest absolute Gasteiger partial charge is 0.227 e. The molecule has 7 rings (SSSR count). The van der Waals surface area contributed by atoms with Crippen molar-refractivity contribution >= 4 is 22.1 Å². The first-order valence-corrected chi connectivity index (χ1v) is 12.3. The van der Waals surface area contributed by atoms with E-state index in [1.807, 2.05) is 36.4 Å². The molecule has 4 nitrogen and oxygen atoms in total. The summed E-state index contributed by atoms with van der Waals surface area (Å²) in [7, 11) is 0. The number of rotatable bonds is 4. The van der Waals surface area contributed by atoms with E-state index in [9.17, 15) is 0 Å². The number of hydrogen-bond acceptors (Lipinski definition) is 3. The molecule has 0 aliphatic rings. The molecule has 2 aromatic heterocycles. The highest BCUT2D eigenvalue weighted by Gasteiger charge is 2.18. The molecule has 0 aliphatic heterocycles. The number of para-hydroxylation sites is 5. The number of aromatic nitrogens is 3. The Balaban J connectivity index is 1.50. The molecule has 5 aromatic carbocycles. The van der Waals surface area contributed by atoms with Gasteiger partial charge in [-0.15, -0.1) is 0 Å². The fourth-order valence-corrected chi connectivity index (χ4v) is 4.85. The maximum absolute atomic E-state index is 6.19. The summed E-state index contributed by atoms with van der Waals surface area (Å²) in [5.41, 5.74) is 10.0. The number of imidazole rings is 1. The largest absolute Gasteiger partial charge is 0.436 e. The number of hydrogen-bond donors (Lipinski definition) is 0. The van der Waals surface area contributed by atoms with Crippen LogP contribution < -0.4 is 0 Å². The lowest BCUT2D eigenvalue weighted by Gasteiger charge is -2.12. The van der Waals surface area contributed by atoms with Gasteiger partial charge in [-0.25, -0.2) is 9.97 Å². The predicted molar refractivity (Wildman–Crippen MR) is 150 cm³/mol. The topological polar surface area (TPSA) is 43.9 Å². The SMILES string of the molecule is Cc1ccc(-c2cc(-c3nc4ccccc4o3)cc(-c3nc4ccccc4n3-c3ccccc3)c2)cc1. The van der Waals surface area contributed by atoms with E-state index in [1.54, 1.807) is 0 Å². The summed E-state index contributed by atoms with van der Waals surface area (Å²) in [6.07, 6.45) is 0. The van der Waals surface area contributed by atoms with Crippen LogP contribution in [0, 0.1) is 6.92 Å². The normalized spacial score (nSPS) is 11.4. The second kappa shape index (κ2) is 8.61. The number of fused-ring (bicyclic) bond motifs is 2. The molecule has 37 heavy (non-hydrogen) atoms. The zero-order valence-electron chi connectivity index (χ0n) is 20.3. The molecule has 4 heteroatoms. The van der Waals surface area contributed by atoms with Crippen LogP contribution in [0.15, 0.2) is 126 Å². The van der Waals surface area contributed by atoms with Crippen LogP contribution in [0.25, 0.3) is 61.8 Å².